The highest BCUT2D eigenvalue weighted by molar-refractivity contribution is 7.09. The average Bonchev–Trinajstić information content (AvgIpc) is 3.10. The van der Waals surface area contributed by atoms with Gasteiger partial charge >= 0.3 is 6.03 Å². The predicted octanol–water partition coefficient (Wildman–Crippen LogP) is 3.17. The lowest BCUT2D eigenvalue weighted by atomic mass is 10.0. The third-order valence-corrected chi connectivity index (χ3v) is 4.51. The van der Waals surface area contributed by atoms with Crippen molar-refractivity contribution in [3.63, 3.8) is 0 Å². The summed E-state index contributed by atoms with van der Waals surface area (Å²) in [5.41, 5.74) is 0.920. The molecule has 0 spiro atoms. The minimum atomic E-state index is -0.147. The Morgan fingerprint density at radius 1 is 1.41 bits per heavy atom. The summed E-state index contributed by atoms with van der Waals surface area (Å²) in [4.78, 5) is 22.7. The molecule has 1 fully saturated rings. The standard InChI is InChI=1S/C15H15N5OS/c16-9-11-4-5-12(10-18-11)19-15(21)20-7-2-1-3-13(20)14-17-6-8-22-14/h4-6,8,10,13H,1-3,7H2,(H,19,21)/t13-/m0/s1. The normalized spacial score (nSPS) is 17.8. The third-order valence-electron chi connectivity index (χ3n) is 3.63. The number of carbonyl (C=O) groups excluding carboxylic acids is 1. The molecular weight excluding hydrogens is 298 g/mol. The zero-order valence-corrected chi connectivity index (χ0v) is 12.7. The van der Waals surface area contributed by atoms with Crippen LogP contribution in [-0.2, 0) is 0 Å². The second kappa shape index (κ2) is 6.54. The first kappa shape index (κ1) is 14.5. The molecule has 2 amide bonds. The molecule has 1 aliphatic rings. The molecule has 0 aliphatic carbocycles. The van der Waals surface area contributed by atoms with E-state index in [2.05, 4.69) is 15.3 Å². The Balaban J connectivity index is 1.73. The number of urea groups is 1. The highest BCUT2D eigenvalue weighted by atomic mass is 32.1. The molecule has 1 N–H and O–H groups in total. The number of carbonyl (C=O) groups is 1. The van der Waals surface area contributed by atoms with Gasteiger partial charge in [-0.1, -0.05) is 0 Å². The van der Waals surface area contributed by atoms with Crippen LogP contribution in [0.15, 0.2) is 29.9 Å². The molecule has 1 saturated heterocycles. The van der Waals surface area contributed by atoms with Crippen LogP contribution in [0.2, 0.25) is 0 Å². The van der Waals surface area contributed by atoms with Gasteiger partial charge in [0.2, 0.25) is 0 Å². The molecule has 112 valence electrons. The summed E-state index contributed by atoms with van der Waals surface area (Å²) >= 11 is 1.58. The molecule has 1 aliphatic heterocycles. The van der Waals surface area contributed by atoms with Crippen LogP contribution in [0.3, 0.4) is 0 Å². The van der Waals surface area contributed by atoms with Gasteiger partial charge in [0.25, 0.3) is 0 Å². The zero-order chi connectivity index (χ0) is 15.4. The number of piperidine rings is 1. The third kappa shape index (κ3) is 3.07. The number of pyridine rings is 1. The Morgan fingerprint density at radius 2 is 2.32 bits per heavy atom. The second-order valence-electron chi connectivity index (χ2n) is 5.05. The molecule has 22 heavy (non-hydrogen) atoms. The molecular formula is C15H15N5OS. The Bertz CT molecular complexity index is 677. The van der Waals surface area contributed by atoms with Gasteiger partial charge in [-0.2, -0.15) is 5.26 Å². The number of hydrogen-bond acceptors (Lipinski definition) is 5. The summed E-state index contributed by atoms with van der Waals surface area (Å²) in [5.74, 6) is 0. The van der Waals surface area contributed by atoms with E-state index in [4.69, 9.17) is 5.26 Å². The molecule has 7 heteroatoms. The maximum absolute atomic E-state index is 12.5. The largest absolute Gasteiger partial charge is 0.322 e. The van der Waals surface area contributed by atoms with Gasteiger partial charge in [0.1, 0.15) is 16.8 Å². The van der Waals surface area contributed by atoms with Gasteiger partial charge in [-0.05, 0) is 31.4 Å². The molecule has 2 aromatic heterocycles. The van der Waals surface area contributed by atoms with Crippen molar-refractivity contribution in [3.05, 3.63) is 40.6 Å². The summed E-state index contributed by atoms with van der Waals surface area (Å²) in [6.07, 6.45) is 6.31. The van der Waals surface area contributed by atoms with Crippen LogP contribution in [0, 0.1) is 11.3 Å². The number of rotatable bonds is 2. The zero-order valence-electron chi connectivity index (χ0n) is 11.9. The van der Waals surface area contributed by atoms with Gasteiger partial charge < -0.3 is 10.2 Å². The number of nitriles is 1. The number of amides is 2. The van der Waals surface area contributed by atoms with Crippen molar-refractivity contribution >= 4 is 23.1 Å². The van der Waals surface area contributed by atoms with Crippen molar-refractivity contribution in [3.8, 4) is 6.07 Å². The highest BCUT2D eigenvalue weighted by Gasteiger charge is 2.29. The van der Waals surface area contributed by atoms with E-state index in [1.54, 1.807) is 29.7 Å². The van der Waals surface area contributed by atoms with Crippen molar-refractivity contribution in [2.75, 3.05) is 11.9 Å². The minimum absolute atomic E-state index is 0.0418. The molecule has 3 rings (SSSR count). The van der Waals surface area contributed by atoms with Crippen LogP contribution in [0.1, 0.15) is 36.0 Å². The van der Waals surface area contributed by atoms with Gasteiger partial charge in [-0.3, -0.25) is 0 Å². The van der Waals surface area contributed by atoms with E-state index >= 15 is 0 Å². The van der Waals surface area contributed by atoms with Crippen molar-refractivity contribution in [2.24, 2.45) is 0 Å². The van der Waals surface area contributed by atoms with Gasteiger partial charge in [0.05, 0.1) is 17.9 Å². The smallest absolute Gasteiger partial charge is 0.315 e. The Kier molecular flexibility index (Phi) is 4.30. The number of hydrogen-bond donors (Lipinski definition) is 1. The summed E-state index contributed by atoms with van der Waals surface area (Å²) in [6.45, 7) is 0.722. The number of aromatic nitrogens is 2. The number of likely N-dealkylation sites (tertiary alicyclic amines) is 1. The van der Waals surface area contributed by atoms with E-state index in [0.717, 1.165) is 30.8 Å². The molecule has 3 heterocycles. The lowest BCUT2D eigenvalue weighted by Crippen LogP contribution is -2.41. The maximum atomic E-state index is 12.5. The monoisotopic (exact) mass is 313 g/mol. The second-order valence-corrected chi connectivity index (χ2v) is 5.98. The summed E-state index contributed by atoms with van der Waals surface area (Å²) < 4.78 is 0. The van der Waals surface area contributed by atoms with E-state index in [9.17, 15) is 4.79 Å². The Morgan fingerprint density at radius 3 is 3.00 bits per heavy atom. The van der Waals surface area contributed by atoms with Crippen molar-refractivity contribution in [2.45, 2.75) is 25.3 Å². The van der Waals surface area contributed by atoms with E-state index in [1.165, 1.54) is 6.20 Å². The number of anilines is 1. The molecule has 0 unspecified atom stereocenters. The number of thiazole rings is 1. The van der Waals surface area contributed by atoms with Crippen molar-refractivity contribution < 1.29 is 4.79 Å². The molecule has 0 aromatic carbocycles. The van der Waals surface area contributed by atoms with Gasteiger partial charge in [-0.25, -0.2) is 14.8 Å². The first-order valence-corrected chi connectivity index (χ1v) is 7.99. The molecule has 1 atom stereocenters. The van der Waals surface area contributed by atoms with Gasteiger partial charge in [-0.15, -0.1) is 11.3 Å². The summed E-state index contributed by atoms with van der Waals surface area (Å²) in [7, 11) is 0. The molecule has 0 bridgehead atoms. The quantitative estimate of drug-likeness (QED) is 0.923. The highest BCUT2D eigenvalue weighted by Crippen LogP contribution is 2.32. The minimum Gasteiger partial charge on any atom is -0.315 e. The van der Waals surface area contributed by atoms with Crippen LogP contribution in [0.25, 0.3) is 0 Å². The topological polar surface area (TPSA) is 81.9 Å². The first-order chi connectivity index (χ1) is 10.8. The number of nitrogens with zero attached hydrogens (tertiary/aromatic N) is 4. The van der Waals surface area contributed by atoms with Crippen LogP contribution in [0.5, 0.6) is 0 Å². The van der Waals surface area contributed by atoms with E-state index < -0.39 is 0 Å². The fraction of sp³-hybridized carbons (Fsp3) is 0.333. The van der Waals surface area contributed by atoms with Crippen LogP contribution in [0.4, 0.5) is 10.5 Å². The fourth-order valence-electron chi connectivity index (χ4n) is 2.56. The van der Waals surface area contributed by atoms with Crippen LogP contribution < -0.4 is 5.32 Å². The summed E-state index contributed by atoms with van der Waals surface area (Å²) in [5, 5.41) is 14.5. The lowest BCUT2D eigenvalue weighted by Gasteiger charge is -2.34. The van der Waals surface area contributed by atoms with E-state index in [0.29, 0.717) is 11.4 Å². The van der Waals surface area contributed by atoms with Gasteiger partial charge in [0, 0.05) is 18.1 Å². The van der Waals surface area contributed by atoms with E-state index in [1.807, 2.05) is 16.3 Å². The SMILES string of the molecule is N#Cc1ccc(NC(=O)N2CCCC[C@H]2c2nccs2)cn1. The van der Waals surface area contributed by atoms with E-state index in [-0.39, 0.29) is 12.1 Å². The van der Waals surface area contributed by atoms with Crippen molar-refractivity contribution in [1.29, 1.82) is 5.26 Å². The molecule has 0 radical (unpaired) electrons. The predicted molar refractivity (Wildman–Crippen MR) is 83.4 cm³/mol. The average molecular weight is 313 g/mol. The first-order valence-electron chi connectivity index (χ1n) is 7.11. The molecule has 2 aromatic rings. The van der Waals surface area contributed by atoms with Crippen LogP contribution in [-0.4, -0.2) is 27.4 Å². The fourth-order valence-corrected chi connectivity index (χ4v) is 3.34. The van der Waals surface area contributed by atoms with Gasteiger partial charge in [0.15, 0.2) is 0 Å². The Hall–Kier alpha value is -2.46. The maximum Gasteiger partial charge on any atom is 0.322 e. The molecule has 0 saturated carbocycles. The summed E-state index contributed by atoms with van der Waals surface area (Å²) in [6, 6.07) is 5.12. The van der Waals surface area contributed by atoms with Crippen molar-refractivity contribution in [1.82, 2.24) is 14.9 Å². The number of nitrogens with one attached hydrogen (secondary N) is 1. The van der Waals surface area contributed by atoms with Crippen LogP contribution >= 0.6 is 11.3 Å². The Labute approximate surface area is 132 Å². The lowest BCUT2D eigenvalue weighted by molar-refractivity contribution is 0.163. The molecule has 6 nitrogen and oxygen atoms in total.